The van der Waals surface area contributed by atoms with Crippen LogP contribution in [-0.2, 0) is 6.54 Å². The van der Waals surface area contributed by atoms with Crippen LogP contribution in [0, 0.1) is 0 Å². The van der Waals surface area contributed by atoms with Crippen molar-refractivity contribution in [3.05, 3.63) is 11.8 Å². The number of alkyl halides is 2. The normalized spacial score (nSPS) is 20.5. The van der Waals surface area contributed by atoms with Crippen LogP contribution in [0.4, 0.5) is 8.78 Å². The van der Waals surface area contributed by atoms with Gasteiger partial charge < -0.3 is 9.73 Å². The Bertz CT molecular complexity index is 382. The highest BCUT2D eigenvalue weighted by Gasteiger charge is 2.37. The molecule has 1 aromatic heterocycles. The highest BCUT2D eigenvalue weighted by atomic mass is 19.3. The van der Waals surface area contributed by atoms with E-state index in [-0.39, 0.29) is 18.8 Å². The lowest BCUT2D eigenvalue weighted by atomic mass is 9.87. The van der Waals surface area contributed by atoms with Crippen LogP contribution in [0.3, 0.4) is 0 Å². The minimum absolute atomic E-state index is 0.00933. The second kappa shape index (κ2) is 5.30. The van der Waals surface area contributed by atoms with Gasteiger partial charge in [-0.2, -0.15) is 0 Å². The van der Waals surface area contributed by atoms with Gasteiger partial charge in [0.05, 0.1) is 6.54 Å². The standard InChI is InChI=1S/C12H19F2N3O/c1-8(2)15-7-10-16-17-11(18-10)9-3-5-12(13,14)6-4-9/h8-9,15H,3-7H2,1-2H3. The maximum Gasteiger partial charge on any atom is 0.248 e. The molecule has 102 valence electrons. The van der Waals surface area contributed by atoms with Crippen LogP contribution in [-0.4, -0.2) is 22.2 Å². The topological polar surface area (TPSA) is 51.0 Å². The predicted molar refractivity (Wildman–Crippen MR) is 62.4 cm³/mol. The molecule has 18 heavy (non-hydrogen) atoms. The van der Waals surface area contributed by atoms with Crippen molar-refractivity contribution < 1.29 is 13.2 Å². The van der Waals surface area contributed by atoms with Crippen molar-refractivity contribution in [1.29, 1.82) is 0 Å². The Morgan fingerprint density at radius 1 is 1.33 bits per heavy atom. The van der Waals surface area contributed by atoms with E-state index in [1.54, 1.807) is 0 Å². The van der Waals surface area contributed by atoms with Gasteiger partial charge in [0, 0.05) is 24.8 Å². The lowest BCUT2D eigenvalue weighted by Gasteiger charge is -2.25. The molecule has 0 amide bonds. The monoisotopic (exact) mass is 259 g/mol. The summed E-state index contributed by atoms with van der Waals surface area (Å²) in [7, 11) is 0. The molecule has 1 heterocycles. The number of nitrogens with one attached hydrogen (secondary N) is 1. The van der Waals surface area contributed by atoms with Crippen molar-refractivity contribution in [3.63, 3.8) is 0 Å². The van der Waals surface area contributed by atoms with Crippen molar-refractivity contribution in [2.24, 2.45) is 0 Å². The Morgan fingerprint density at radius 3 is 2.61 bits per heavy atom. The van der Waals surface area contributed by atoms with Crippen LogP contribution in [0.25, 0.3) is 0 Å². The van der Waals surface area contributed by atoms with Crippen molar-refractivity contribution in [1.82, 2.24) is 15.5 Å². The zero-order valence-corrected chi connectivity index (χ0v) is 10.7. The van der Waals surface area contributed by atoms with E-state index in [4.69, 9.17) is 4.42 Å². The number of rotatable bonds is 4. The minimum atomic E-state index is -2.52. The lowest BCUT2D eigenvalue weighted by molar-refractivity contribution is -0.0399. The van der Waals surface area contributed by atoms with Crippen LogP contribution in [0.15, 0.2) is 4.42 Å². The fourth-order valence-electron chi connectivity index (χ4n) is 2.08. The van der Waals surface area contributed by atoms with Gasteiger partial charge in [-0.3, -0.25) is 0 Å². The second-order valence-corrected chi connectivity index (χ2v) is 5.20. The van der Waals surface area contributed by atoms with Crippen molar-refractivity contribution in [2.45, 2.75) is 64.0 Å². The summed E-state index contributed by atoms with van der Waals surface area (Å²) in [6, 6.07) is 0.341. The molecule has 0 aromatic carbocycles. The van der Waals surface area contributed by atoms with Crippen molar-refractivity contribution in [2.75, 3.05) is 0 Å². The average molecular weight is 259 g/mol. The summed E-state index contributed by atoms with van der Waals surface area (Å²) in [5.74, 6) is -1.49. The molecule has 0 atom stereocenters. The molecule has 1 saturated carbocycles. The first-order valence-electron chi connectivity index (χ1n) is 6.40. The van der Waals surface area contributed by atoms with Gasteiger partial charge in [0.2, 0.25) is 17.7 Å². The third-order valence-corrected chi connectivity index (χ3v) is 3.21. The van der Waals surface area contributed by atoms with Gasteiger partial charge in [0.1, 0.15) is 0 Å². The molecule has 1 aliphatic rings. The number of hydrogen-bond acceptors (Lipinski definition) is 4. The molecule has 0 saturated heterocycles. The fraction of sp³-hybridized carbons (Fsp3) is 0.833. The quantitative estimate of drug-likeness (QED) is 0.903. The molecular formula is C12H19F2N3O. The summed E-state index contributed by atoms with van der Waals surface area (Å²) in [5, 5.41) is 11.1. The Hall–Kier alpha value is -1.04. The highest BCUT2D eigenvalue weighted by molar-refractivity contribution is 4.95. The van der Waals surface area contributed by atoms with Gasteiger partial charge in [-0.1, -0.05) is 13.8 Å². The Kier molecular flexibility index (Phi) is 3.94. The van der Waals surface area contributed by atoms with Crippen LogP contribution < -0.4 is 5.32 Å². The summed E-state index contributed by atoms with van der Waals surface area (Å²) < 4.78 is 31.6. The molecule has 6 heteroatoms. The third kappa shape index (κ3) is 3.48. The number of hydrogen-bond donors (Lipinski definition) is 1. The Balaban J connectivity index is 1.90. The number of nitrogens with zero attached hydrogens (tertiary/aromatic N) is 2. The fourth-order valence-corrected chi connectivity index (χ4v) is 2.08. The first kappa shape index (κ1) is 13.4. The molecule has 0 bridgehead atoms. The van der Waals surface area contributed by atoms with E-state index in [1.807, 2.05) is 13.8 Å². The maximum absolute atomic E-state index is 13.0. The molecule has 4 nitrogen and oxygen atoms in total. The Labute approximate surface area is 105 Å². The largest absolute Gasteiger partial charge is 0.424 e. The smallest absolute Gasteiger partial charge is 0.248 e. The first-order chi connectivity index (χ1) is 8.46. The van der Waals surface area contributed by atoms with Crippen LogP contribution in [0.1, 0.15) is 57.2 Å². The molecular weight excluding hydrogens is 240 g/mol. The predicted octanol–water partition coefficient (Wildman–Crippen LogP) is 2.86. The van der Waals surface area contributed by atoms with E-state index in [1.165, 1.54) is 0 Å². The van der Waals surface area contributed by atoms with Crippen molar-refractivity contribution in [3.8, 4) is 0 Å². The van der Waals surface area contributed by atoms with E-state index in [0.29, 0.717) is 37.2 Å². The van der Waals surface area contributed by atoms with E-state index in [0.717, 1.165) is 0 Å². The molecule has 0 spiro atoms. The zero-order valence-electron chi connectivity index (χ0n) is 10.7. The van der Waals surface area contributed by atoms with Crippen LogP contribution in [0.2, 0.25) is 0 Å². The SMILES string of the molecule is CC(C)NCc1nnc(C2CCC(F)(F)CC2)o1. The molecule has 1 N–H and O–H groups in total. The van der Waals surface area contributed by atoms with E-state index in [2.05, 4.69) is 15.5 Å². The molecule has 1 fully saturated rings. The van der Waals surface area contributed by atoms with Gasteiger partial charge in [-0.25, -0.2) is 8.78 Å². The minimum Gasteiger partial charge on any atom is -0.424 e. The molecule has 2 rings (SSSR count). The summed E-state index contributed by atoms with van der Waals surface area (Å²) >= 11 is 0. The van der Waals surface area contributed by atoms with Crippen LogP contribution in [0.5, 0.6) is 0 Å². The lowest BCUT2D eigenvalue weighted by Crippen LogP contribution is -2.23. The van der Waals surface area contributed by atoms with E-state index >= 15 is 0 Å². The molecule has 1 aliphatic carbocycles. The molecule has 0 radical (unpaired) electrons. The molecule has 0 aliphatic heterocycles. The number of halogens is 2. The number of aromatic nitrogens is 2. The Morgan fingerprint density at radius 2 is 2.00 bits per heavy atom. The second-order valence-electron chi connectivity index (χ2n) is 5.20. The third-order valence-electron chi connectivity index (χ3n) is 3.21. The summed E-state index contributed by atoms with van der Waals surface area (Å²) in [5.41, 5.74) is 0. The van der Waals surface area contributed by atoms with Gasteiger partial charge in [0.25, 0.3) is 0 Å². The first-order valence-corrected chi connectivity index (χ1v) is 6.40. The summed E-state index contributed by atoms with van der Waals surface area (Å²) in [4.78, 5) is 0. The van der Waals surface area contributed by atoms with Crippen LogP contribution >= 0.6 is 0 Å². The van der Waals surface area contributed by atoms with Crippen molar-refractivity contribution >= 4 is 0 Å². The van der Waals surface area contributed by atoms with E-state index < -0.39 is 5.92 Å². The molecule has 0 unspecified atom stereocenters. The zero-order chi connectivity index (χ0) is 13.2. The van der Waals surface area contributed by atoms with Gasteiger partial charge in [-0.05, 0) is 12.8 Å². The summed E-state index contributed by atoms with van der Waals surface area (Å²) in [6.45, 7) is 4.58. The van der Waals surface area contributed by atoms with Gasteiger partial charge in [-0.15, -0.1) is 10.2 Å². The average Bonchev–Trinajstić information content (AvgIpc) is 2.75. The summed E-state index contributed by atoms with van der Waals surface area (Å²) in [6.07, 6.45) is 0.678. The van der Waals surface area contributed by atoms with E-state index in [9.17, 15) is 8.78 Å². The maximum atomic E-state index is 13.0. The van der Waals surface area contributed by atoms with Gasteiger partial charge >= 0.3 is 0 Å². The highest BCUT2D eigenvalue weighted by Crippen LogP contribution is 2.40. The van der Waals surface area contributed by atoms with Gasteiger partial charge in [0.15, 0.2) is 0 Å². The molecule has 1 aromatic rings.